The Morgan fingerprint density at radius 2 is 1.90 bits per heavy atom. The SMILES string of the molecule is CCCCN(C(=O)CCc1ccccc1)C(C)c1nc2ccc(Cl)cc2c(=O)n1CC. The third kappa shape index (κ3) is 5.34. The van der Waals surface area contributed by atoms with E-state index in [-0.39, 0.29) is 17.5 Å². The average molecular weight is 440 g/mol. The number of unbranched alkanes of at least 4 members (excludes halogenated alkanes) is 1. The van der Waals surface area contributed by atoms with E-state index >= 15 is 0 Å². The van der Waals surface area contributed by atoms with Crippen LogP contribution in [0.2, 0.25) is 5.02 Å². The monoisotopic (exact) mass is 439 g/mol. The predicted octanol–water partition coefficient (Wildman–Crippen LogP) is 5.39. The molecule has 3 aromatic rings. The fourth-order valence-electron chi connectivity index (χ4n) is 3.88. The van der Waals surface area contributed by atoms with E-state index in [1.807, 2.05) is 49.1 Å². The standard InChI is InChI=1S/C25H30ClN3O2/c1-4-6-16-29(23(30)15-12-19-10-8-7-9-11-19)18(3)24-27-22-14-13-20(26)17-21(22)25(31)28(24)5-2/h7-11,13-14,17-18H,4-6,12,15-16H2,1-3H3. The van der Waals surface area contributed by atoms with Gasteiger partial charge in [-0.15, -0.1) is 0 Å². The van der Waals surface area contributed by atoms with Gasteiger partial charge in [0.1, 0.15) is 5.82 Å². The third-order valence-electron chi connectivity index (χ3n) is 5.65. The Balaban J connectivity index is 1.94. The van der Waals surface area contributed by atoms with Crippen LogP contribution in [0, 0.1) is 0 Å². The van der Waals surface area contributed by atoms with E-state index in [0.29, 0.717) is 47.7 Å². The average Bonchev–Trinajstić information content (AvgIpc) is 2.78. The van der Waals surface area contributed by atoms with Crippen molar-refractivity contribution >= 4 is 28.4 Å². The fraction of sp³-hybridized carbons (Fsp3) is 0.400. The first-order chi connectivity index (χ1) is 15.0. The molecule has 0 radical (unpaired) electrons. The quantitative estimate of drug-likeness (QED) is 0.449. The minimum Gasteiger partial charge on any atom is -0.333 e. The van der Waals surface area contributed by atoms with Gasteiger partial charge in [0.2, 0.25) is 5.91 Å². The highest BCUT2D eigenvalue weighted by molar-refractivity contribution is 6.31. The zero-order valence-corrected chi connectivity index (χ0v) is 19.2. The van der Waals surface area contributed by atoms with Gasteiger partial charge in [-0.3, -0.25) is 14.2 Å². The molecule has 1 aromatic heterocycles. The first kappa shape index (κ1) is 23.0. The summed E-state index contributed by atoms with van der Waals surface area (Å²) in [6.07, 6.45) is 3.01. The smallest absolute Gasteiger partial charge is 0.261 e. The number of nitrogens with zero attached hydrogens (tertiary/aromatic N) is 3. The van der Waals surface area contributed by atoms with Crippen LogP contribution in [-0.4, -0.2) is 26.9 Å². The number of aromatic nitrogens is 2. The van der Waals surface area contributed by atoms with Gasteiger partial charge >= 0.3 is 0 Å². The third-order valence-corrected chi connectivity index (χ3v) is 5.88. The van der Waals surface area contributed by atoms with Crippen LogP contribution < -0.4 is 5.56 Å². The number of carbonyl (C=O) groups is 1. The van der Waals surface area contributed by atoms with Gasteiger partial charge in [0, 0.05) is 24.5 Å². The van der Waals surface area contributed by atoms with Gasteiger partial charge in [0.25, 0.3) is 5.56 Å². The van der Waals surface area contributed by atoms with Gasteiger partial charge < -0.3 is 4.90 Å². The van der Waals surface area contributed by atoms with E-state index in [4.69, 9.17) is 16.6 Å². The number of benzene rings is 2. The second-order valence-electron chi connectivity index (χ2n) is 7.78. The van der Waals surface area contributed by atoms with Crippen molar-refractivity contribution in [3.8, 4) is 0 Å². The van der Waals surface area contributed by atoms with Crippen molar-refractivity contribution < 1.29 is 4.79 Å². The molecule has 0 saturated heterocycles. The number of rotatable bonds is 9. The fourth-order valence-corrected chi connectivity index (χ4v) is 4.05. The van der Waals surface area contributed by atoms with E-state index in [1.54, 1.807) is 22.8 Å². The predicted molar refractivity (Wildman–Crippen MR) is 126 cm³/mol. The lowest BCUT2D eigenvalue weighted by Gasteiger charge is -2.30. The van der Waals surface area contributed by atoms with E-state index in [9.17, 15) is 9.59 Å². The molecule has 5 nitrogen and oxygen atoms in total. The number of fused-ring (bicyclic) bond motifs is 1. The number of aryl methyl sites for hydroxylation is 1. The van der Waals surface area contributed by atoms with Crippen LogP contribution in [-0.2, 0) is 17.8 Å². The first-order valence-electron chi connectivity index (χ1n) is 11.0. The summed E-state index contributed by atoms with van der Waals surface area (Å²) in [7, 11) is 0. The van der Waals surface area contributed by atoms with E-state index in [1.165, 1.54) is 0 Å². The van der Waals surface area contributed by atoms with Gasteiger partial charge in [-0.05, 0) is 50.5 Å². The normalized spacial score (nSPS) is 12.1. The molecule has 31 heavy (non-hydrogen) atoms. The highest BCUT2D eigenvalue weighted by Crippen LogP contribution is 2.23. The Hall–Kier alpha value is -2.66. The number of halogens is 1. The second-order valence-corrected chi connectivity index (χ2v) is 8.22. The Morgan fingerprint density at radius 1 is 1.16 bits per heavy atom. The van der Waals surface area contributed by atoms with Crippen molar-refractivity contribution in [1.82, 2.24) is 14.5 Å². The second kappa shape index (κ2) is 10.6. The summed E-state index contributed by atoms with van der Waals surface area (Å²) in [5.74, 6) is 0.699. The van der Waals surface area contributed by atoms with Crippen LogP contribution in [0.25, 0.3) is 10.9 Å². The maximum absolute atomic E-state index is 13.2. The molecule has 0 aliphatic carbocycles. The zero-order chi connectivity index (χ0) is 22.4. The summed E-state index contributed by atoms with van der Waals surface area (Å²) >= 11 is 6.09. The van der Waals surface area contributed by atoms with Gasteiger partial charge in [0.05, 0.1) is 16.9 Å². The van der Waals surface area contributed by atoms with E-state index in [2.05, 4.69) is 6.92 Å². The molecule has 0 saturated carbocycles. The zero-order valence-electron chi connectivity index (χ0n) is 18.5. The lowest BCUT2D eigenvalue weighted by Crippen LogP contribution is -2.38. The van der Waals surface area contributed by atoms with Crippen molar-refractivity contribution in [1.29, 1.82) is 0 Å². The topological polar surface area (TPSA) is 55.2 Å². The molecule has 6 heteroatoms. The van der Waals surface area contributed by atoms with Crippen LogP contribution >= 0.6 is 11.6 Å². The summed E-state index contributed by atoms with van der Waals surface area (Å²) in [6, 6.07) is 14.9. The van der Waals surface area contributed by atoms with Crippen molar-refractivity contribution in [3.05, 3.63) is 75.3 Å². The minimum atomic E-state index is -0.303. The van der Waals surface area contributed by atoms with Gasteiger partial charge in [-0.1, -0.05) is 55.3 Å². The Kier molecular flexibility index (Phi) is 7.85. The Labute approximate surface area is 188 Å². The van der Waals surface area contributed by atoms with Crippen molar-refractivity contribution in [3.63, 3.8) is 0 Å². The maximum atomic E-state index is 13.2. The molecule has 164 valence electrons. The number of hydrogen-bond acceptors (Lipinski definition) is 3. The first-order valence-corrected chi connectivity index (χ1v) is 11.4. The minimum absolute atomic E-state index is 0.0814. The van der Waals surface area contributed by atoms with E-state index < -0.39 is 0 Å². The Morgan fingerprint density at radius 3 is 2.58 bits per heavy atom. The highest BCUT2D eigenvalue weighted by Gasteiger charge is 2.25. The van der Waals surface area contributed by atoms with Crippen LogP contribution in [0.15, 0.2) is 53.3 Å². The van der Waals surface area contributed by atoms with Crippen molar-refractivity contribution in [2.24, 2.45) is 0 Å². The summed E-state index contributed by atoms with van der Waals surface area (Å²) in [4.78, 5) is 33.0. The van der Waals surface area contributed by atoms with Gasteiger partial charge in [0.15, 0.2) is 0 Å². The lowest BCUT2D eigenvalue weighted by molar-refractivity contribution is -0.133. The number of hydrogen-bond donors (Lipinski definition) is 0. The van der Waals surface area contributed by atoms with Crippen LogP contribution in [0.5, 0.6) is 0 Å². The molecule has 2 aromatic carbocycles. The molecule has 1 heterocycles. The van der Waals surface area contributed by atoms with E-state index in [0.717, 1.165) is 18.4 Å². The van der Waals surface area contributed by atoms with Gasteiger partial charge in [-0.25, -0.2) is 4.98 Å². The molecule has 0 bridgehead atoms. The highest BCUT2D eigenvalue weighted by atomic mass is 35.5. The molecule has 1 unspecified atom stereocenters. The largest absolute Gasteiger partial charge is 0.333 e. The molecule has 0 aliphatic heterocycles. The molecule has 0 N–H and O–H groups in total. The molecule has 1 amide bonds. The molecule has 0 spiro atoms. The maximum Gasteiger partial charge on any atom is 0.261 e. The number of amides is 1. The van der Waals surface area contributed by atoms with Gasteiger partial charge in [-0.2, -0.15) is 0 Å². The van der Waals surface area contributed by atoms with Crippen molar-refractivity contribution in [2.45, 2.75) is 59.0 Å². The van der Waals surface area contributed by atoms with Crippen LogP contribution in [0.4, 0.5) is 0 Å². The summed E-state index contributed by atoms with van der Waals surface area (Å²) < 4.78 is 1.66. The lowest BCUT2D eigenvalue weighted by atomic mass is 10.1. The molecular weight excluding hydrogens is 410 g/mol. The molecular formula is C25H30ClN3O2. The molecule has 1 atom stereocenters. The molecule has 0 aliphatic rings. The summed E-state index contributed by atoms with van der Waals surface area (Å²) in [6.45, 7) is 7.11. The Bertz CT molecular complexity index is 1100. The van der Waals surface area contributed by atoms with Crippen molar-refractivity contribution in [2.75, 3.05) is 6.54 Å². The van der Waals surface area contributed by atoms with Crippen LogP contribution in [0.3, 0.4) is 0 Å². The summed E-state index contributed by atoms with van der Waals surface area (Å²) in [5, 5.41) is 1.01. The molecule has 3 rings (SSSR count). The molecule has 0 fully saturated rings. The number of carbonyl (C=O) groups excluding carboxylic acids is 1. The summed E-state index contributed by atoms with van der Waals surface area (Å²) in [5.41, 5.74) is 1.63. The van der Waals surface area contributed by atoms with Crippen LogP contribution in [0.1, 0.15) is 57.5 Å².